The highest BCUT2D eigenvalue weighted by Crippen LogP contribution is 2.20. The Morgan fingerprint density at radius 2 is 2.18 bits per heavy atom. The van der Waals surface area contributed by atoms with E-state index in [9.17, 15) is 9.59 Å². The summed E-state index contributed by atoms with van der Waals surface area (Å²) >= 11 is 0. The van der Waals surface area contributed by atoms with Crippen molar-refractivity contribution in [3.63, 3.8) is 0 Å². The Labute approximate surface area is 101 Å². The van der Waals surface area contributed by atoms with Gasteiger partial charge in [0.25, 0.3) is 5.91 Å². The first-order chi connectivity index (χ1) is 8.12. The lowest BCUT2D eigenvalue weighted by Crippen LogP contribution is -2.26. The molecule has 0 heterocycles. The third-order valence-corrected chi connectivity index (χ3v) is 2.62. The summed E-state index contributed by atoms with van der Waals surface area (Å²) in [5.41, 5.74) is 2.08. The summed E-state index contributed by atoms with van der Waals surface area (Å²) in [6.45, 7) is 2.47. The van der Waals surface area contributed by atoms with Gasteiger partial charge in [0, 0.05) is 13.6 Å². The van der Waals surface area contributed by atoms with Gasteiger partial charge in [0.15, 0.2) is 0 Å². The number of nitrogens with zero attached hydrogens (tertiary/aromatic N) is 1. The van der Waals surface area contributed by atoms with E-state index in [4.69, 9.17) is 4.74 Å². The number of aldehydes is 1. The fourth-order valence-corrected chi connectivity index (χ4v) is 1.65. The van der Waals surface area contributed by atoms with Crippen LogP contribution < -0.4 is 4.74 Å². The van der Waals surface area contributed by atoms with Crippen LogP contribution in [0.3, 0.4) is 0 Å². The lowest BCUT2D eigenvalue weighted by molar-refractivity contribution is -0.138. The molecule has 92 valence electrons. The van der Waals surface area contributed by atoms with Crippen LogP contribution in [-0.2, 0) is 22.6 Å². The molecule has 1 amide bonds. The Hall–Kier alpha value is -1.84. The molecule has 4 nitrogen and oxygen atoms in total. The second-order valence-electron chi connectivity index (χ2n) is 3.81. The van der Waals surface area contributed by atoms with Gasteiger partial charge in [-0.25, -0.2) is 0 Å². The molecule has 1 aromatic rings. The zero-order valence-electron chi connectivity index (χ0n) is 10.4. The number of methoxy groups -OCH3 is 1. The molecule has 17 heavy (non-hydrogen) atoms. The van der Waals surface area contributed by atoms with Crippen molar-refractivity contribution in [3.8, 4) is 5.75 Å². The van der Waals surface area contributed by atoms with Crippen molar-refractivity contribution in [3.05, 3.63) is 29.3 Å². The van der Waals surface area contributed by atoms with Crippen LogP contribution in [0.5, 0.6) is 5.75 Å². The van der Waals surface area contributed by atoms with Gasteiger partial charge in [-0.1, -0.05) is 19.1 Å². The molecule has 0 saturated carbocycles. The van der Waals surface area contributed by atoms with Crippen LogP contribution in [0, 0.1) is 0 Å². The molecule has 1 rings (SSSR count). The molecule has 0 aliphatic heterocycles. The second kappa shape index (κ2) is 6.03. The zero-order chi connectivity index (χ0) is 12.8. The molecule has 4 heteroatoms. The van der Waals surface area contributed by atoms with Crippen molar-refractivity contribution in [1.29, 1.82) is 0 Å². The van der Waals surface area contributed by atoms with E-state index in [1.807, 2.05) is 25.1 Å². The van der Waals surface area contributed by atoms with Crippen LogP contribution in [-0.4, -0.2) is 31.3 Å². The number of benzene rings is 1. The van der Waals surface area contributed by atoms with E-state index in [2.05, 4.69) is 0 Å². The van der Waals surface area contributed by atoms with E-state index < -0.39 is 5.91 Å². The minimum atomic E-state index is -0.515. The summed E-state index contributed by atoms with van der Waals surface area (Å²) in [6, 6.07) is 5.77. The first kappa shape index (κ1) is 13.2. The first-order valence-electron chi connectivity index (χ1n) is 5.48. The highest BCUT2D eigenvalue weighted by atomic mass is 16.5. The number of amides is 1. The molecule has 0 aliphatic rings. The number of aryl methyl sites for hydroxylation is 1. The van der Waals surface area contributed by atoms with Crippen molar-refractivity contribution >= 4 is 12.2 Å². The average Bonchev–Trinajstić information content (AvgIpc) is 2.37. The molecule has 0 saturated heterocycles. The summed E-state index contributed by atoms with van der Waals surface area (Å²) < 4.78 is 5.23. The maximum absolute atomic E-state index is 11.1. The Kier molecular flexibility index (Phi) is 4.69. The predicted octanol–water partition coefficient (Wildman–Crippen LogP) is 1.41. The topological polar surface area (TPSA) is 46.6 Å². The fourth-order valence-electron chi connectivity index (χ4n) is 1.65. The highest BCUT2D eigenvalue weighted by Gasteiger charge is 2.09. The summed E-state index contributed by atoms with van der Waals surface area (Å²) in [5.74, 6) is 0.333. The van der Waals surface area contributed by atoms with Gasteiger partial charge < -0.3 is 9.64 Å². The van der Waals surface area contributed by atoms with Crippen LogP contribution in [0.15, 0.2) is 18.2 Å². The molecular formula is C13H17NO3. The van der Waals surface area contributed by atoms with Gasteiger partial charge in [-0.15, -0.1) is 0 Å². The van der Waals surface area contributed by atoms with Gasteiger partial charge in [-0.2, -0.15) is 0 Å². The van der Waals surface area contributed by atoms with Crippen LogP contribution in [0.25, 0.3) is 0 Å². The van der Waals surface area contributed by atoms with Gasteiger partial charge in [0.2, 0.25) is 6.29 Å². The maximum atomic E-state index is 11.1. The Bertz CT molecular complexity index is 415. The van der Waals surface area contributed by atoms with Crippen molar-refractivity contribution in [2.45, 2.75) is 19.9 Å². The SMILES string of the molecule is CCc1cc(CN(C)C(=O)C=O)ccc1OC. The van der Waals surface area contributed by atoms with E-state index in [0.29, 0.717) is 12.8 Å². The lowest BCUT2D eigenvalue weighted by atomic mass is 10.1. The lowest BCUT2D eigenvalue weighted by Gasteiger charge is -2.15. The van der Waals surface area contributed by atoms with Gasteiger partial charge in [0.05, 0.1) is 7.11 Å². The number of rotatable bonds is 5. The zero-order valence-corrected chi connectivity index (χ0v) is 10.4. The van der Waals surface area contributed by atoms with E-state index in [-0.39, 0.29) is 0 Å². The predicted molar refractivity (Wildman–Crippen MR) is 64.9 cm³/mol. The van der Waals surface area contributed by atoms with Gasteiger partial charge >= 0.3 is 0 Å². The van der Waals surface area contributed by atoms with Gasteiger partial charge in [-0.3, -0.25) is 9.59 Å². The van der Waals surface area contributed by atoms with Crippen molar-refractivity contribution in [2.24, 2.45) is 0 Å². The van der Waals surface area contributed by atoms with E-state index in [1.165, 1.54) is 4.90 Å². The number of carbonyl (C=O) groups excluding carboxylic acids is 2. The number of ether oxygens (including phenoxy) is 1. The molecule has 0 bridgehead atoms. The Balaban J connectivity index is 2.85. The normalized spacial score (nSPS) is 9.82. The largest absolute Gasteiger partial charge is 0.496 e. The first-order valence-corrected chi connectivity index (χ1v) is 5.48. The molecule has 0 aromatic heterocycles. The van der Waals surface area contributed by atoms with Crippen LogP contribution in [0.1, 0.15) is 18.1 Å². The molecule has 0 spiro atoms. The van der Waals surface area contributed by atoms with Crippen molar-refractivity contribution in [1.82, 2.24) is 4.90 Å². The van der Waals surface area contributed by atoms with Crippen LogP contribution in [0.4, 0.5) is 0 Å². The maximum Gasteiger partial charge on any atom is 0.286 e. The molecule has 0 unspecified atom stereocenters. The quantitative estimate of drug-likeness (QED) is 0.572. The molecule has 1 aromatic carbocycles. The van der Waals surface area contributed by atoms with Gasteiger partial charge in [0.1, 0.15) is 5.75 Å². The average molecular weight is 235 g/mol. The van der Waals surface area contributed by atoms with E-state index in [0.717, 1.165) is 23.3 Å². The standard InChI is InChI=1S/C13H17NO3/c1-4-11-7-10(5-6-12(11)17-3)8-14(2)13(16)9-15/h5-7,9H,4,8H2,1-3H3. The number of carbonyl (C=O) groups is 2. The summed E-state index contributed by atoms with van der Waals surface area (Å²) in [5, 5.41) is 0. The molecular weight excluding hydrogens is 218 g/mol. The van der Waals surface area contributed by atoms with E-state index in [1.54, 1.807) is 14.2 Å². The minimum Gasteiger partial charge on any atom is -0.496 e. The number of hydrogen-bond donors (Lipinski definition) is 0. The number of likely N-dealkylation sites (N-methyl/N-ethyl adjacent to an activating group) is 1. The molecule has 0 aliphatic carbocycles. The van der Waals surface area contributed by atoms with Crippen LogP contribution in [0.2, 0.25) is 0 Å². The second-order valence-corrected chi connectivity index (χ2v) is 3.81. The smallest absolute Gasteiger partial charge is 0.286 e. The summed E-state index contributed by atoms with van der Waals surface area (Å²) in [6.07, 6.45) is 1.19. The molecule has 0 radical (unpaired) electrons. The Morgan fingerprint density at radius 1 is 1.47 bits per heavy atom. The highest BCUT2D eigenvalue weighted by molar-refractivity contribution is 6.23. The van der Waals surface area contributed by atoms with Crippen LogP contribution >= 0.6 is 0 Å². The number of hydrogen-bond acceptors (Lipinski definition) is 3. The molecule has 0 N–H and O–H groups in total. The van der Waals surface area contributed by atoms with E-state index >= 15 is 0 Å². The summed E-state index contributed by atoms with van der Waals surface area (Å²) in [4.78, 5) is 22.9. The monoisotopic (exact) mass is 235 g/mol. The fraction of sp³-hybridized carbons (Fsp3) is 0.385. The van der Waals surface area contributed by atoms with Gasteiger partial charge in [-0.05, 0) is 23.6 Å². The minimum absolute atomic E-state index is 0.324. The van der Waals surface area contributed by atoms with Crippen molar-refractivity contribution in [2.75, 3.05) is 14.2 Å². The molecule has 0 atom stereocenters. The summed E-state index contributed by atoms with van der Waals surface area (Å²) in [7, 11) is 3.24. The van der Waals surface area contributed by atoms with Crippen molar-refractivity contribution < 1.29 is 14.3 Å². The third-order valence-electron chi connectivity index (χ3n) is 2.62. The third kappa shape index (κ3) is 3.31. The Morgan fingerprint density at radius 3 is 2.71 bits per heavy atom. The molecule has 0 fully saturated rings.